The topological polar surface area (TPSA) is 57.6 Å². The zero-order valence-corrected chi connectivity index (χ0v) is 9.46. The first-order valence-corrected chi connectivity index (χ1v) is 6.96. The molecule has 0 aliphatic carbocycles. The van der Waals surface area contributed by atoms with Crippen LogP contribution in [0.25, 0.3) is 0 Å². The molecule has 0 spiro atoms. The molecule has 1 rings (SSSR count). The Bertz CT molecular complexity index is 263. The third-order valence-corrected chi connectivity index (χ3v) is 4.52. The molecule has 0 aromatic heterocycles. The van der Waals surface area contributed by atoms with E-state index in [2.05, 4.69) is 4.90 Å². The monoisotopic (exact) mass is 221 g/mol. The second-order valence-corrected chi connectivity index (χ2v) is 6.22. The molecule has 0 aromatic carbocycles. The molecule has 1 atom stereocenters. The van der Waals surface area contributed by atoms with Crippen molar-refractivity contribution in [3.8, 4) is 0 Å². The molecular weight excluding hydrogens is 202 g/mol. The summed E-state index contributed by atoms with van der Waals surface area (Å²) in [7, 11) is -2.86. The molecule has 1 N–H and O–H groups in total. The summed E-state index contributed by atoms with van der Waals surface area (Å²) < 4.78 is 22.5. The van der Waals surface area contributed by atoms with Crippen LogP contribution in [0.1, 0.15) is 19.8 Å². The molecule has 1 fully saturated rings. The Morgan fingerprint density at radius 2 is 2.21 bits per heavy atom. The van der Waals surface area contributed by atoms with Crippen molar-refractivity contribution in [1.82, 2.24) is 4.90 Å². The van der Waals surface area contributed by atoms with Crippen molar-refractivity contribution in [3.05, 3.63) is 0 Å². The van der Waals surface area contributed by atoms with E-state index in [1.54, 1.807) is 6.92 Å². The summed E-state index contributed by atoms with van der Waals surface area (Å²) in [5, 5.41) is 9.03. The highest BCUT2D eigenvalue weighted by atomic mass is 32.2. The van der Waals surface area contributed by atoms with Gasteiger partial charge < -0.3 is 5.11 Å². The molecule has 0 bridgehead atoms. The van der Waals surface area contributed by atoms with Crippen molar-refractivity contribution < 1.29 is 13.5 Å². The van der Waals surface area contributed by atoms with Crippen LogP contribution in [0.4, 0.5) is 0 Å². The van der Waals surface area contributed by atoms with E-state index in [0.717, 1.165) is 19.4 Å². The molecule has 0 saturated carbocycles. The SMILES string of the molecule is CCS(=O)(=O)CCN1CCC[C@H]1CO. The summed E-state index contributed by atoms with van der Waals surface area (Å²) in [6.07, 6.45) is 2.06. The molecule has 1 saturated heterocycles. The van der Waals surface area contributed by atoms with Gasteiger partial charge in [-0.1, -0.05) is 6.92 Å². The van der Waals surface area contributed by atoms with Gasteiger partial charge in [-0.25, -0.2) is 8.42 Å². The Hall–Kier alpha value is -0.130. The number of aliphatic hydroxyl groups excluding tert-OH is 1. The zero-order valence-electron chi connectivity index (χ0n) is 8.65. The van der Waals surface area contributed by atoms with Crippen LogP contribution in [-0.2, 0) is 9.84 Å². The Morgan fingerprint density at radius 3 is 2.79 bits per heavy atom. The van der Waals surface area contributed by atoms with Gasteiger partial charge in [0.25, 0.3) is 0 Å². The number of likely N-dealkylation sites (tertiary alicyclic amines) is 1. The fraction of sp³-hybridized carbons (Fsp3) is 1.00. The molecule has 0 amide bonds. The van der Waals surface area contributed by atoms with E-state index in [0.29, 0.717) is 6.54 Å². The minimum absolute atomic E-state index is 0.145. The maximum Gasteiger partial charge on any atom is 0.151 e. The number of rotatable bonds is 5. The van der Waals surface area contributed by atoms with Crippen LogP contribution < -0.4 is 0 Å². The van der Waals surface area contributed by atoms with Crippen molar-refractivity contribution in [3.63, 3.8) is 0 Å². The average molecular weight is 221 g/mol. The summed E-state index contributed by atoms with van der Waals surface area (Å²) in [4.78, 5) is 2.08. The lowest BCUT2D eigenvalue weighted by atomic mass is 10.2. The number of nitrogens with zero attached hydrogens (tertiary/aromatic N) is 1. The van der Waals surface area contributed by atoms with E-state index >= 15 is 0 Å². The molecule has 1 aliphatic heterocycles. The van der Waals surface area contributed by atoms with Crippen LogP contribution in [0.3, 0.4) is 0 Å². The van der Waals surface area contributed by atoms with Gasteiger partial charge in [0, 0.05) is 18.3 Å². The maximum atomic E-state index is 11.3. The van der Waals surface area contributed by atoms with Crippen LogP contribution in [-0.4, -0.2) is 55.7 Å². The van der Waals surface area contributed by atoms with Crippen molar-refractivity contribution in [1.29, 1.82) is 0 Å². The molecule has 14 heavy (non-hydrogen) atoms. The second kappa shape index (κ2) is 5.09. The second-order valence-electron chi connectivity index (χ2n) is 3.75. The maximum absolute atomic E-state index is 11.3. The molecule has 1 aliphatic rings. The molecular formula is C9H19NO3S. The third-order valence-electron chi connectivity index (χ3n) is 2.84. The minimum Gasteiger partial charge on any atom is -0.395 e. The van der Waals surface area contributed by atoms with Gasteiger partial charge >= 0.3 is 0 Å². The van der Waals surface area contributed by atoms with Crippen LogP contribution >= 0.6 is 0 Å². The van der Waals surface area contributed by atoms with E-state index in [-0.39, 0.29) is 24.2 Å². The van der Waals surface area contributed by atoms with Crippen LogP contribution in [0.5, 0.6) is 0 Å². The van der Waals surface area contributed by atoms with E-state index < -0.39 is 9.84 Å². The van der Waals surface area contributed by atoms with Gasteiger partial charge in [0.05, 0.1) is 12.4 Å². The molecule has 0 unspecified atom stereocenters. The highest BCUT2D eigenvalue weighted by Crippen LogP contribution is 2.16. The lowest BCUT2D eigenvalue weighted by Gasteiger charge is -2.22. The molecule has 0 aromatic rings. The molecule has 5 heteroatoms. The van der Waals surface area contributed by atoms with E-state index in [9.17, 15) is 8.42 Å². The van der Waals surface area contributed by atoms with Crippen molar-refractivity contribution in [2.45, 2.75) is 25.8 Å². The Labute approximate surface area is 85.8 Å². The molecule has 0 radical (unpaired) electrons. The standard InChI is InChI=1S/C9H19NO3S/c1-2-14(12,13)7-6-10-5-3-4-9(10)8-11/h9,11H,2-8H2,1H3/t9-/m0/s1. The first-order valence-electron chi connectivity index (χ1n) is 5.14. The van der Waals surface area contributed by atoms with Gasteiger partial charge in [-0.3, -0.25) is 4.90 Å². The van der Waals surface area contributed by atoms with Crippen molar-refractivity contribution >= 4 is 9.84 Å². The predicted octanol–water partition coefficient (Wildman–Crippen LogP) is -0.122. The lowest BCUT2D eigenvalue weighted by molar-refractivity contribution is 0.165. The zero-order chi connectivity index (χ0) is 10.6. The minimum atomic E-state index is -2.86. The van der Waals surface area contributed by atoms with Gasteiger partial charge in [0.1, 0.15) is 0 Å². The smallest absolute Gasteiger partial charge is 0.151 e. The number of hydrogen-bond acceptors (Lipinski definition) is 4. The molecule has 1 heterocycles. The number of sulfone groups is 1. The largest absolute Gasteiger partial charge is 0.395 e. The Balaban J connectivity index is 2.38. The van der Waals surface area contributed by atoms with Gasteiger partial charge in [-0.2, -0.15) is 0 Å². The predicted molar refractivity (Wildman–Crippen MR) is 56.0 cm³/mol. The summed E-state index contributed by atoms with van der Waals surface area (Å²) in [6.45, 7) is 3.31. The van der Waals surface area contributed by atoms with Crippen LogP contribution in [0, 0.1) is 0 Å². The van der Waals surface area contributed by atoms with E-state index in [1.807, 2.05) is 0 Å². The number of hydrogen-bond donors (Lipinski definition) is 1. The third kappa shape index (κ3) is 3.22. The summed E-state index contributed by atoms with van der Waals surface area (Å²) >= 11 is 0. The first kappa shape index (κ1) is 11.9. The summed E-state index contributed by atoms with van der Waals surface area (Å²) in [5.74, 6) is 0.435. The van der Waals surface area contributed by atoms with Crippen molar-refractivity contribution in [2.24, 2.45) is 0 Å². The first-order chi connectivity index (χ1) is 6.59. The summed E-state index contributed by atoms with van der Waals surface area (Å²) in [6, 6.07) is 0.182. The van der Waals surface area contributed by atoms with E-state index in [1.165, 1.54) is 0 Å². The fourth-order valence-corrected chi connectivity index (χ4v) is 2.60. The normalized spacial score (nSPS) is 24.3. The highest BCUT2D eigenvalue weighted by Gasteiger charge is 2.24. The van der Waals surface area contributed by atoms with Crippen LogP contribution in [0.2, 0.25) is 0 Å². The Morgan fingerprint density at radius 1 is 1.50 bits per heavy atom. The average Bonchev–Trinajstić information content (AvgIpc) is 2.62. The highest BCUT2D eigenvalue weighted by molar-refractivity contribution is 7.91. The van der Waals surface area contributed by atoms with E-state index in [4.69, 9.17) is 5.11 Å². The fourth-order valence-electron chi connectivity index (χ4n) is 1.80. The van der Waals surface area contributed by atoms with Crippen molar-refractivity contribution in [2.75, 3.05) is 31.2 Å². The van der Waals surface area contributed by atoms with Crippen LogP contribution in [0.15, 0.2) is 0 Å². The van der Waals surface area contributed by atoms with Gasteiger partial charge in [-0.05, 0) is 19.4 Å². The molecule has 4 nitrogen and oxygen atoms in total. The van der Waals surface area contributed by atoms with Gasteiger partial charge in [0.2, 0.25) is 0 Å². The Kier molecular flexibility index (Phi) is 4.34. The molecule has 84 valence electrons. The van der Waals surface area contributed by atoms with Gasteiger partial charge in [0.15, 0.2) is 9.84 Å². The quantitative estimate of drug-likeness (QED) is 0.703. The number of aliphatic hydroxyl groups is 1. The lowest BCUT2D eigenvalue weighted by Crippen LogP contribution is -2.36. The summed E-state index contributed by atoms with van der Waals surface area (Å²) in [5.41, 5.74) is 0. The van der Waals surface area contributed by atoms with Gasteiger partial charge in [-0.15, -0.1) is 0 Å².